The fourth-order valence-corrected chi connectivity index (χ4v) is 2.94. The lowest BCUT2D eigenvalue weighted by atomic mass is 9.99. The number of halogens is 1. The van der Waals surface area contributed by atoms with Crippen LogP contribution in [-0.4, -0.2) is 28.7 Å². The Morgan fingerprint density at radius 2 is 2.41 bits per heavy atom. The van der Waals surface area contributed by atoms with Crippen molar-refractivity contribution in [2.45, 2.75) is 38.6 Å². The van der Waals surface area contributed by atoms with Gasteiger partial charge in [-0.15, -0.1) is 0 Å². The van der Waals surface area contributed by atoms with Gasteiger partial charge < -0.3 is 9.32 Å². The molecule has 2 heterocycles. The van der Waals surface area contributed by atoms with Crippen LogP contribution in [-0.2, 0) is 0 Å². The molecule has 0 radical (unpaired) electrons. The number of carbonyl (C=O) groups excluding carboxylic acids is 1. The minimum absolute atomic E-state index is 0.118. The Morgan fingerprint density at radius 1 is 1.59 bits per heavy atom. The lowest BCUT2D eigenvalue weighted by Crippen LogP contribution is -2.43. The van der Waals surface area contributed by atoms with Crippen molar-refractivity contribution in [2.24, 2.45) is 0 Å². The number of furan rings is 1. The zero-order valence-corrected chi connectivity index (χ0v) is 11.7. The molecular formula is C13H18BrNO2. The number of likely N-dealkylation sites (tertiary alicyclic amines) is 1. The van der Waals surface area contributed by atoms with Gasteiger partial charge in [0.1, 0.15) is 12.0 Å². The molecule has 1 amide bonds. The zero-order chi connectivity index (χ0) is 12.3. The highest BCUT2D eigenvalue weighted by Gasteiger charge is 2.27. The van der Waals surface area contributed by atoms with Crippen molar-refractivity contribution in [3.8, 4) is 0 Å². The van der Waals surface area contributed by atoms with E-state index in [-0.39, 0.29) is 5.91 Å². The SMILES string of the molecule is Cc1cc(C(=O)N2CCCCC2CCBr)co1. The van der Waals surface area contributed by atoms with Crippen LogP contribution in [0.1, 0.15) is 41.8 Å². The van der Waals surface area contributed by atoms with Crippen LogP contribution >= 0.6 is 15.9 Å². The molecule has 1 fully saturated rings. The van der Waals surface area contributed by atoms with Crippen molar-refractivity contribution >= 4 is 21.8 Å². The first-order chi connectivity index (χ1) is 8.22. The molecule has 17 heavy (non-hydrogen) atoms. The Labute approximate surface area is 110 Å². The normalized spacial score (nSPS) is 20.6. The summed E-state index contributed by atoms with van der Waals surface area (Å²) in [4.78, 5) is 14.4. The highest BCUT2D eigenvalue weighted by molar-refractivity contribution is 9.09. The van der Waals surface area contributed by atoms with E-state index in [1.165, 1.54) is 6.42 Å². The first kappa shape index (κ1) is 12.7. The van der Waals surface area contributed by atoms with Gasteiger partial charge in [0.15, 0.2) is 0 Å². The van der Waals surface area contributed by atoms with E-state index in [1.807, 2.05) is 17.9 Å². The third-order valence-electron chi connectivity index (χ3n) is 3.31. The average Bonchev–Trinajstić information content (AvgIpc) is 2.76. The second-order valence-corrected chi connectivity index (χ2v) is 5.36. The second kappa shape index (κ2) is 5.71. The van der Waals surface area contributed by atoms with Crippen molar-refractivity contribution in [3.05, 3.63) is 23.7 Å². The summed E-state index contributed by atoms with van der Waals surface area (Å²) in [7, 11) is 0. The predicted molar refractivity (Wildman–Crippen MR) is 70.5 cm³/mol. The molecule has 0 N–H and O–H groups in total. The molecule has 1 atom stereocenters. The molecule has 0 aromatic carbocycles. The van der Waals surface area contributed by atoms with E-state index in [0.29, 0.717) is 11.6 Å². The largest absolute Gasteiger partial charge is 0.469 e. The van der Waals surface area contributed by atoms with E-state index in [2.05, 4.69) is 15.9 Å². The first-order valence-corrected chi connectivity index (χ1v) is 7.26. The maximum absolute atomic E-state index is 12.3. The number of aryl methyl sites for hydroxylation is 1. The number of hydrogen-bond acceptors (Lipinski definition) is 2. The van der Waals surface area contributed by atoms with Crippen LogP contribution in [0.4, 0.5) is 0 Å². The van der Waals surface area contributed by atoms with Gasteiger partial charge >= 0.3 is 0 Å². The lowest BCUT2D eigenvalue weighted by Gasteiger charge is -2.35. The molecule has 1 aromatic heterocycles. The maximum atomic E-state index is 12.3. The molecule has 1 aliphatic heterocycles. The van der Waals surface area contributed by atoms with Gasteiger partial charge in [0.2, 0.25) is 0 Å². The van der Waals surface area contributed by atoms with Gasteiger partial charge in [0.05, 0.1) is 5.56 Å². The molecule has 1 aliphatic rings. The van der Waals surface area contributed by atoms with Crippen molar-refractivity contribution in [2.75, 3.05) is 11.9 Å². The summed E-state index contributed by atoms with van der Waals surface area (Å²) >= 11 is 3.47. The minimum atomic E-state index is 0.118. The lowest BCUT2D eigenvalue weighted by molar-refractivity contribution is 0.0609. The Bertz CT molecular complexity index is 387. The fourth-order valence-electron chi connectivity index (χ4n) is 2.42. The van der Waals surface area contributed by atoms with Crippen LogP contribution in [0, 0.1) is 6.92 Å². The van der Waals surface area contributed by atoms with Crippen LogP contribution in [0.25, 0.3) is 0 Å². The summed E-state index contributed by atoms with van der Waals surface area (Å²) in [5, 5.41) is 0.950. The van der Waals surface area contributed by atoms with Crippen molar-refractivity contribution in [1.29, 1.82) is 0 Å². The fraction of sp³-hybridized carbons (Fsp3) is 0.615. The standard InChI is InChI=1S/C13H18BrNO2/c1-10-8-11(9-17-10)13(16)15-7-3-2-4-12(15)5-6-14/h8-9,12H,2-7H2,1H3. The molecule has 1 aromatic rings. The van der Waals surface area contributed by atoms with Gasteiger partial charge in [0, 0.05) is 17.9 Å². The number of alkyl halides is 1. The van der Waals surface area contributed by atoms with Gasteiger partial charge in [-0.2, -0.15) is 0 Å². The Kier molecular flexibility index (Phi) is 4.26. The van der Waals surface area contributed by atoms with Gasteiger partial charge in [0.25, 0.3) is 5.91 Å². The number of carbonyl (C=O) groups is 1. The summed E-state index contributed by atoms with van der Waals surface area (Å²) in [6.45, 7) is 2.74. The van der Waals surface area contributed by atoms with Crippen molar-refractivity contribution < 1.29 is 9.21 Å². The first-order valence-electron chi connectivity index (χ1n) is 6.14. The molecule has 2 rings (SSSR count). The molecule has 94 valence electrons. The van der Waals surface area contributed by atoms with Gasteiger partial charge in [-0.25, -0.2) is 0 Å². The summed E-state index contributed by atoms with van der Waals surface area (Å²) < 4.78 is 5.21. The van der Waals surface area contributed by atoms with Gasteiger partial charge in [-0.05, 0) is 38.7 Å². The number of rotatable bonds is 3. The van der Waals surface area contributed by atoms with Crippen molar-refractivity contribution in [3.63, 3.8) is 0 Å². The van der Waals surface area contributed by atoms with Gasteiger partial charge in [-0.1, -0.05) is 15.9 Å². The smallest absolute Gasteiger partial charge is 0.257 e. The van der Waals surface area contributed by atoms with E-state index in [0.717, 1.165) is 36.9 Å². The summed E-state index contributed by atoms with van der Waals surface area (Å²) in [6.07, 6.45) is 6.06. The summed E-state index contributed by atoms with van der Waals surface area (Å²) in [5.74, 6) is 0.912. The molecular weight excluding hydrogens is 282 g/mol. The van der Waals surface area contributed by atoms with Gasteiger partial charge in [-0.3, -0.25) is 4.79 Å². The Hall–Kier alpha value is -0.770. The predicted octanol–water partition coefficient (Wildman–Crippen LogP) is 3.37. The number of amides is 1. The quantitative estimate of drug-likeness (QED) is 0.802. The number of piperidine rings is 1. The summed E-state index contributed by atoms with van der Waals surface area (Å²) in [5.41, 5.74) is 0.684. The van der Waals surface area contributed by atoms with Crippen LogP contribution < -0.4 is 0 Å². The monoisotopic (exact) mass is 299 g/mol. The van der Waals surface area contributed by atoms with E-state index >= 15 is 0 Å². The van der Waals surface area contributed by atoms with Crippen LogP contribution in [0.5, 0.6) is 0 Å². The molecule has 1 unspecified atom stereocenters. The van der Waals surface area contributed by atoms with E-state index < -0.39 is 0 Å². The molecule has 1 saturated heterocycles. The maximum Gasteiger partial charge on any atom is 0.257 e. The second-order valence-electron chi connectivity index (χ2n) is 4.57. The van der Waals surface area contributed by atoms with E-state index in [9.17, 15) is 4.79 Å². The molecule has 0 saturated carbocycles. The minimum Gasteiger partial charge on any atom is -0.469 e. The molecule has 4 heteroatoms. The number of hydrogen-bond donors (Lipinski definition) is 0. The zero-order valence-electron chi connectivity index (χ0n) is 10.1. The van der Waals surface area contributed by atoms with Crippen LogP contribution in [0.3, 0.4) is 0 Å². The molecule has 0 aliphatic carbocycles. The van der Waals surface area contributed by atoms with Crippen LogP contribution in [0.2, 0.25) is 0 Å². The third kappa shape index (κ3) is 2.92. The molecule has 0 spiro atoms. The topological polar surface area (TPSA) is 33.5 Å². The highest BCUT2D eigenvalue weighted by Crippen LogP contribution is 2.23. The Balaban J connectivity index is 2.10. The van der Waals surface area contributed by atoms with E-state index in [1.54, 1.807) is 6.26 Å². The third-order valence-corrected chi connectivity index (χ3v) is 3.77. The number of nitrogens with zero attached hydrogens (tertiary/aromatic N) is 1. The molecule has 3 nitrogen and oxygen atoms in total. The van der Waals surface area contributed by atoms with Crippen LogP contribution in [0.15, 0.2) is 16.7 Å². The van der Waals surface area contributed by atoms with Crippen molar-refractivity contribution in [1.82, 2.24) is 4.90 Å². The summed E-state index contributed by atoms with van der Waals surface area (Å²) in [6, 6.07) is 2.20. The molecule has 0 bridgehead atoms. The van der Waals surface area contributed by atoms with E-state index in [4.69, 9.17) is 4.42 Å². The highest BCUT2D eigenvalue weighted by atomic mass is 79.9. The Morgan fingerprint density at radius 3 is 3.06 bits per heavy atom. The average molecular weight is 300 g/mol.